The smallest absolute Gasteiger partial charge is 0.308 e. The van der Waals surface area contributed by atoms with E-state index in [4.69, 9.17) is 14.2 Å². The van der Waals surface area contributed by atoms with Gasteiger partial charge in [-0.25, -0.2) is 0 Å². The summed E-state index contributed by atoms with van der Waals surface area (Å²) >= 11 is 0. The molecule has 2 N–H and O–H groups in total. The Morgan fingerprint density at radius 1 is 1.31 bits per heavy atom. The zero-order chi connectivity index (χ0) is 21.3. The molecule has 0 amide bonds. The number of ether oxygens (including phenoxy) is 3. The number of hydrogen-bond acceptors (Lipinski definition) is 7. The van der Waals surface area contributed by atoms with E-state index in [0.29, 0.717) is 6.54 Å². The van der Waals surface area contributed by atoms with Crippen LogP contribution in [-0.2, 0) is 20.8 Å². The van der Waals surface area contributed by atoms with E-state index in [0.717, 1.165) is 50.3 Å². The van der Waals surface area contributed by atoms with Gasteiger partial charge in [0.05, 0.1) is 18.6 Å². The van der Waals surface area contributed by atoms with Crippen LogP contribution in [0.15, 0.2) is 24.3 Å². The molecule has 1 aliphatic heterocycles. The van der Waals surface area contributed by atoms with Gasteiger partial charge in [-0.15, -0.1) is 0 Å². The molecule has 1 heterocycles. The Labute approximate surface area is 174 Å². The van der Waals surface area contributed by atoms with Gasteiger partial charge in [0.15, 0.2) is 0 Å². The number of hydrogen-bond donors (Lipinski definition) is 2. The Morgan fingerprint density at radius 2 is 2.03 bits per heavy atom. The van der Waals surface area contributed by atoms with E-state index in [2.05, 4.69) is 10.2 Å². The first kappa shape index (κ1) is 23.6. The fourth-order valence-corrected chi connectivity index (χ4v) is 3.39. The second-order valence-electron chi connectivity index (χ2n) is 8.28. The van der Waals surface area contributed by atoms with Gasteiger partial charge in [0.25, 0.3) is 0 Å². The lowest BCUT2D eigenvalue weighted by Crippen LogP contribution is -2.42. The van der Waals surface area contributed by atoms with Gasteiger partial charge in [-0.2, -0.15) is 0 Å². The third-order valence-electron chi connectivity index (χ3n) is 5.36. The minimum atomic E-state index is -0.575. The molecule has 2 rings (SSSR count). The highest BCUT2D eigenvalue weighted by Crippen LogP contribution is 2.19. The van der Waals surface area contributed by atoms with Crippen LogP contribution in [0.4, 0.5) is 0 Å². The first-order valence-corrected chi connectivity index (χ1v) is 10.3. The molecule has 1 fully saturated rings. The molecule has 1 saturated heterocycles. The van der Waals surface area contributed by atoms with Crippen molar-refractivity contribution < 1.29 is 24.1 Å². The number of aliphatic hydroxyl groups is 1. The Morgan fingerprint density at radius 3 is 2.69 bits per heavy atom. The zero-order valence-electron chi connectivity index (χ0n) is 18.1. The molecule has 0 aromatic heterocycles. The Balaban J connectivity index is 1.71. The van der Waals surface area contributed by atoms with Crippen LogP contribution in [0.3, 0.4) is 0 Å². The van der Waals surface area contributed by atoms with Gasteiger partial charge >= 0.3 is 5.97 Å². The van der Waals surface area contributed by atoms with Crippen LogP contribution in [0.5, 0.6) is 5.75 Å². The summed E-state index contributed by atoms with van der Waals surface area (Å²) in [5.41, 5.74) is 0.914. The summed E-state index contributed by atoms with van der Waals surface area (Å²) in [6, 6.07) is 7.89. The van der Waals surface area contributed by atoms with Gasteiger partial charge in [0, 0.05) is 26.7 Å². The summed E-state index contributed by atoms with van der Waals surface area (Å²) in [7, 11) is 3.14. The van der Waals surface area contributed by atoms with Gasteiger partial charge in [-0.3, -0.25) is 4.79 Å². The summed E-state index contributed by atoms with van der Waals surface area (Å²) in [4.78, 5) is 13.8. The maximum atomic E-state index is 11.6. The van der Waals surface area contributed by atoms with Crippen molar-refractivity contribution in [1.82, 2.24) is 10.2 Å². The van der Waals surface area contributed by atoms with Gasteiger partial charge < -0.3 is 29.5 Å². The molecule has 0 saturated carbocycles. The normalized spacial score (nSPS) is 17.1. The number of nitrogens with zero attached hydrogens (tertiary/aromatic N) is 1. The highest BCUT2D eigenvalue weighted by atomic mass is 16.5. The topological polar surface area (TPSA) is 80.3 Å². The second-order valence-corrected chi connectivity index (χ2v) is 8.28. The minimum Gasteiger partial charge on any atom is -0.491 e. The molecule has 7 nitrogen and oxygen atoms in total. The molecule has 7 heteroatoms. The average Bonchev–Trinajstić information content (AvgIpc) is 2.72. The van der Waals surface area contributed by atoms with E-state index < -0.39 is 6.10 Å². The highest BCUT2D eigenvalue weighted by Gasteiger charge is 2.26. The number of methoxy groups -OCH3 is 2. The van der Waals surface area contributed by atoms with E-state index in [1.165, 1.54) is 7.11 Å². The molecule has 1 aromatic carbocycles. The molecule has 0 aliphatic carbocycles. The van der Waals surface area contributed by atoms with Crippen molar-refractivity contribution in [3.8, 4) is 5.75 Å². The molecule has 0 spiro atoms. The Kier molecular flexibility index (Phi) is 9.36. The van der Waals surface area contributed by atoms with Crippen LogP contribution in [0.1, 0.15) is 32.3 Å². The van der Waals surface area contributed by atoms with Crippen LogP contribution < -0.4 is 10.1 Å². The van der Waals surface area contributed by atoms with Crippen LogP contribution in [0, 0.1) is 5.92 Å². The molecular weight excluding hydrogens is 372 g/mol. The number of esters is 1. The third-order valence-corrected chi connectivity index (χ3v) is 5.36. The van der Waals surface area contributed by atoms with E-state index in [-0.39, 0.29) is 24.1 Å². The summed E-state index contributed by atoms with van der Waals surface area (Å²) in [6.45, 7) is 7.91. The van der Waals surface area contributed by atoms with Gasteiger partial charge in [-0.05, 0) is 57.5 Å². The standard InChI is InChI=1S/C22H36N2O5/c1-22(2,28-4)16-23-13-17-6-5-7-20(12-17)29-15-19(25)14-24-10-8-18(9-11-24)21(26)27-3/h5-7,12,18-19,23,25H,8-11,13-16H2,1-4H3. The first-order valence-electron chi connectivity index (χ1n) is 10.3. The molecule has 1 aromatic rings. The number of β-amino-alcohol motifs (C(OH)–C–C–N with tert-alkyl or cyclic N) is 1. The van der Waals surface area contributed by atoms with Gasteiger partial charge in [0.2, 0.25) is 0 Å². The number of likely N-dealkylation sites (tertiary alicyclic amines) is 1. The van der Waals surface area contributed by atoms with Crippen LogP contribution in [0.2, 0.25) is 0 Å². The number of rotatable bonds is 11. The lowest BCUT2D eigenvalue weighted by atomic mass is 9.97. The summed E-state index contributed by atoms with van der Waals surface area (Å²) in [6.07, 6.45) is 0.971. The molecule has 1 atom stereocenters. The molecule has 29 heavy (non-hydrogen) atoms. The molecule has 0 radical (unpaired) electrons. The fourth-order valence-electron chi connectivity index (χ4n) is 3.39. The van der Waals surface area contributed by atoms with E-state index in [9.17, 15) is 9.90 Å². The summed E-state index contributed by atoms with van der Waals surface area (Å²) < 4.78 is 16.0. The monoisotopic (exact) mass is 408 g/mol. The summed E-state index contributed by atoms with van der Waals surface area (Å²) in [5, 5.41) is 13.7. The minimum absolute atomic E-state index is 0.0181. The lowest BCUT2D eigenvalue weighted by molar-refractivity contribution is -0.147. The van der Waals surface area contributed by atoms with E-state index in [1.807, 2.05) is 38.1 Å². The predicted molar refractivity (Wildman–Crippen MR) is 112 cm³/mol. The zero-order valence-corrected chi connectivity index (χ0v) is 18.1. The van der Waals surface area contributed by atoms with Crippen LogP contribution >= 0.6 is 0 Å². The van der Waals surface area contributed by atoms with Crippen LogP contribution in [-0.4, -0.2) is 74.7 Å². The second kappa shape index (κ2) is 11.5. The number of piperidine rings is 1. The number of nitrogens with one attached hydrogen (secondary N) is 1. The fraction of sp³-hybridized carbons (Fsp3) is 0.682. The van der Waals surface area contributed by atoms with Gasteiger partial charge in [-0.1, -0.05) is 12.1 Å². The Bertz CT molecular complexity index is 629. The van der Waals surface area contributed by atoms with Crippen LogP contribution in [0.25, 0.3) is 0 Å². The molecule has 0 bridgehead atoms. The molecular formula is C22H36N2O5. The SMILES string of the molecule is COC(=O)C1CCN(CC(O)COc2cccc(CNCC(C)(C)OC)c2)CC1. The molecule has 1 aliphatic rings. The van der Waals surface area contributed by atoms with E-state index >= 15 is 0 Å². The van der Waals surface area contributed by atoms with Crippen molar-refractivity contribution in [2.24, 2.45) is 5.92 Å². The number of carbonyl (C=O) groups excluding carboxylic acids is 1. The lowest BCUT2D eigenvalue weighted by Gasteiger charge is -2.31. The van der Waals surface area contributed by atoms with Crippen molar-refractivity contribution in [1.29, 1.82) is 0 Å². The summed E-state index contributed by atoms with van der Waals surface area (Å²) in [5.74, 6) is 0.600. The Hall–Kier alpha value is -1.67. The van der Waals surface area contributed by atoms with Crippen molar-refractivity contribution in [3.05, 3.63) is 29.8 Å². The third kappa shape index (κ3) is 8.30. The van der Waals surface area contributed by atoms with Crippen molar-refractivity contribution >= 4 is 5.97 Å². The maximum absolute atomic E-state index is 11.6. The highest BCUT2D eigenvalue weighted by molar-refractivity contribution is 5.72. The van der Waals surface area contributed by atoms with E-state index in [1.54, 1.807) is 7.11 Å². The average molecular weight is 409 g/mol. The number of carbonyl (C=O) groups is 1. The molecule has 1 unspecified atom stereocenters. The maximum Gasteiger partial charge on any atom is 0.308 e. The number of benzene rings is 1. The largest absolute Gasteiger partial charge is 0.491 e. The first-order chi connectivity index (χ1) is 13.8. The predicted octanol–water partition coefficient (Wildman–Crippen LogP) is 1.83. The van der Waals surface area contributed by atoms with Crippen molar-refractivity contribution in [2.75, 3.05) is 47.0 Å². The molecule has 164 valence electrons. The number of aliphatic hydroxyl groups excluding tert-OH is 1. The van der Waals surface area contributed by atoms with Crippen molar-refractivity contribution in [3.63, 3.8) is 0 Å². The van der Waals surface area contributed by atoms with Gasteiger partial charge in [0.1, 0.15) is 18.5 Å². The van der Waals surface area contributed by atoms with Crippen molar-refractivity contribution in [2.45, 2.75) is 44.9 Å². The quantitative estimate of drug-likeness (QED) is 0.541.